The van der Waals surface area contributed by atoms with Gasteiger partial charge in [-0.15, -0.1) is 0 Å². The van der Waals surface area contributed by atoms with Crippen molar-refractivity contribution in [3.8, 4) is 17.1 Å². The number of fused-ring (bicyclic) bond motifs is 2. The van der Waals surface area contributed by atoms with E-state index in [2.05, 4.69) is 26.3 Å². The molecular weight excluding hydrogens is 617 g/mol. The largest absolute Gasteiger partial charge is 0.462 e. The third-order valence-corrected chi connectivity index (χ3v) is 9.27. The standard InChI is InChI=1S/C34H32ClF3N6O2/c1-19-16-44(33(45)20(2)36)23(15-39-3)17-43(19)32-25-14-27(37)29(24-11-5-8-21-9-6-12-26(35)28(21)24)30(38)31(25)40-34(41-32)46-18-22-10-7-13-42(22)4/h5-6,8-9,11-12,14,19,22-23H,2,7,10,13,15-18H2,1,4H3/t19-,22-,23-/m0/s1. The van der Waals surface area contributed by atoms with Gasteiger partial charge in [0.05, 0.1) is 5.56 Å². The van der Waals surface area contributed by atoms with Crippen molar-refractivity contribution >= 4 is 45.0 Å². The highest BCUT2D eigenvalue weighted by atomic mass is 35.5. The summed E-state index contributed by atoms with van der Waals surface area (Å²) < 4.78 is 52.9. The average Bonchev–Trinajstić information content (AvgIpc) is 3.44. The van der Waals surface area contributed by atoms with Crippen LogP contribution in [-0.2, 0) is 4.79 Å². The Morgan fingerprint density at radius 2 is 1.93 bits per heavy atom. The summed E-state index contributed by atoms with van der Waals surface area (Å²) in [7, 11) is 2.00. The molecule has 2 saturated heterocycles. The van der Waals surface area contributed by atoms with Crippen LogP contribution in [-0.4, -0.2) is 83.6 Å². The van der Waals surface area contributed by atoms with Crippen molar-refractivity contribution in [1.29, 1.82) is 0 Å². The van der Waals surface area contributed by atoms with Crippen molar-refractivity contribution in [3.63, 3.8) is 0 Å². The van der Waals surface area contributed by atoms with Gasteiger partial charge < -0.3 is 24.3 Å². The van der Waals surface area contributed by atoms with Crippen LogP contribution in [0, 0.1) is 18.2 Å². The summed E-state index contributed by atoms with van der Waals surface area (Å²) in [6, 6.07) is 10.4. The van der Waals surface area contributed by atoms with E-state index in [4.69, 9.17) is 22.9 Å². The van der Waals surface area contributed by atoms with Crippen molar-refractivity contribution in [2.24, 2.45) is 0 Å². The lowest BCUT2D eigenvalue weighted by Gasteiger charge is -2.44. The molecule has 0 aliphatic carbocycles. The number of amides is 1. The van der Waals surface area contributed by atoms with Crippen LogP contribution in [0.3, 0.4) is 0 Å². The topological polar surface area (TPSA) is 66.2 Å². The van der Waals surface area contributed by atoms with Gasteiger partial charge in [0.25, 0.3) is 5.91 Å². The second kappa shape index (κ2) is 12.8. The Morgan fingerprint density at radius 1 is 1.17 bits per heavy atom. The normalized spacial score (nSPS) is 20.3. The number of likely N-dealkylation sites (tertiary alicyclic amines) is 1. The predicted molar refractivity (Wildman–Crippen MR) is 173 cm³/mol. The number of benzene rings is 3. The van der Waals surface area contributed by atoms with Gasteiger partial charge in [-0.3, -0.25) is 4.79 Å². The molecule has 12 heteroatoms. The monoisotopic (exact) mass is 648 g/mol. The number of likely N-dealkylation sites (N-methyl/N-ethyl adjacent to an activating group) is 1. The van der Waals surface area contributed by atoms with E-state index < -0.39 is 35.5 Å². The highest BCUT2D eigenvalue weighted by Gasteiger charge is 2.39. The van der Waals surface area contributed by atoms with E-state index in [0.29, 0.717) is 10.4 Å². The van der Waals surface area contributed by atoms with Crippen molar-refractivity contribution in [2.45, 2.75) is 37.9 Å². The summed E-state index contributed by atoms with van der Waals surface area (Å²) in [5, 5.41) is 1.67. The Morgan fingerprint density at radius 3 is 2.63 bits per heavy atom. The number of ether oxygens (including phenoxy) is 1. The fourth-order valence-corrected chi connectivity index (χ4v) is 6.84. The molecule has 2 aliphatic rings. The smallest absolute Gasteiger partial charge is 0.319 e. The molecule has 3 heterocycles. The van der Waals surface area contributed by atoms with E-state index in [1.54, 1.807) is 36.1 Å². The van der Waals surface area contributed by atoms with Crippen LogP contribution in [0.25, 0.3) is 37.6 Å². The first-order chi connectivity index (χ1) is 22.1. The van der Waals surface area contributed by atoms with E-state index in [1.807, 2.05) is 19.2 Å². The van der Waals surface area contributed by atoms with Crippen molar-refractivity contribution < 1.29 is 22.7 Å². The summed E-state index contributed by atoms with van der Waals surface area (Å²) >= 11 is 6.53. The summed E-state index contributed by atoms with van der Waals surface area (Å²) in [6.07, 6.45) is 1.95. The average molecular weight is 649 g/mol. The van der Waals surface area contributed by atoms with Crippen molar-refractivity contribution in [2.75, 3.05) is 44.7 Å². The van der Waals surface area contributed by atoms with Crippen LogP contribution in [0.4, 0.5) is 19.0 Å². The molecule has 0 spiro atoms. The van der Waals surface area contributed by atoms with Crippen LogP contribution < -0.4 is 9.64 Å². The molecule has 0 radical (unpaired) electrons. The number of hydrogen-bond acceptors (Lipinski definition) is 6. The Labute approximate surface area is 269 Å². The molecular formula is C34H32ClF3N6O2. The minimum Gasteiger partial charge on any atom is -0.462 e. The number of anilines is 1. The predicted octanol–water partition coefficient (Wildman–Crippen LogP) is 6.66. The molecule has 0 bridgehead atoms. The summed E-state index contributed by atoms with van der Waals surface area (Å²) in [6.45, 7) is 13.5. The van der Waals surface area contributed by atoms with Crippen molar-refractivity contribution in [1.82, 2.24) is 19.8 Å². The molecule has 1 aromatic heterocycles. The third kappa shape index (κ3) is 5.72. The fraction of sp³-hybridized carbons (Fsp3) is 0.353. The molecule has 2 aliphatic heterocycles. The molecule has 6 rings (SSSR count). The minimum atomic E-state index is -1.12. The number of hydrogen-bond donors (Lipinski definition) is 0. The van der Waals surface area contributed by atoms with E-state index in [1.165, 1.54) is 11.0 Å². The summed E-state index contributed by atoms with van der Waals surface area (Å²) in [4.78, 5) is 30.4. The van der Waals surface area contributed by atoms with Gasteiger partial charge in [-0.2, -0.15) is 9.97 Å². The SMILES string of the molecule is [C-]#[N+]C[C@H]1CN(c2nc(OC[C@@H]3CCCN3C)nc3c(F)c(-c4cccc5cccc(Cl)c45)c(F)cc23)[C@@H](C)CN1C(=O)C(=C)F. The number of nitrogens with zero attached hydrogens (tertiary/aromatic N) is 6. The second-order valence-electron chi connectivity index (χ2n) is 11.9. The first-order valence-electron chi connectivity index (χ1n) is 15.0. The molecule has 238 valence electrons. The van der Waals surface area contributed by atoms with Crippen LogP contribution >= 0.6 is 11.6 Å². The van der Waals surface area contributed by atoms with Gasteiger partial charge in [0.2, 0.25) is 6.54 Å². The molecule has 0 unspecified atom stereocenters. The van der Waals surface area contributed by atoms with Gasteiger partial charge in [0.15, 0.2) is 11.6 Å². The molecule has 46 heavy (non-hydrogen) atoms. The number of carbonyl (C=O) groups is 1. The number of piperazine rings is 1. The lowest BCUT2D eigenvalue weighted by Crippen LogP contribution is -2.60. The third-order valence-electron chi connectivity index (χ3n) is 8.95. The lowest BCUT2D eigenvalue weighted by molar-refractivity contribution is -0.131. The van der Waals surface area contributed by atoms with Gasteiger partial charge >= 0.3 is 6.01 Å². The fourth-order valence-electron chi connectivity index (χ4n) is 6.55. The van der Waals surface area contributed by atoms with Crippen LogP contribution in [0.5, 0.6) is 6.01 Å². The lowest BCUT2D eigenvalue weighted by atomic mass is 9.96. The van der Waals surface area contributed by atoms with Gasteiger partial charge in [0.1, 0.15) is 29.8 Å². The summed E-state index contributed by atoms with van der Waals surface area (Å²) in [5.74, 6) is -3.57. The van der Waals surface area contributed by atoms with Crippen LogP contribution in [0.15, 0.2) is 54.9 Å². The maximum atomic E-state index is 16.8. The maximum absolute atomic E-state index is 16.8. The van der Waals surface area contributed by atoms with E-state index in [-0.39, 0.29) is 66.1 Å². The highest BCUT2D eigenvalue weighted by Crippen LogP contribution is 2.41. The van der Waals surface area contributed by atoms with E-state index in [0.717, 1.165) is 24.8 Å². The van der Waals surface area contributed by atoms with Gasteiger partial charge in [-0.25, -0.2) is 19.7 Å². The van der Waals surface area contributed by atoms with Gasteiger partial charge in [0, 0.05) is 41.0 Å². The Bertz CT molecular complexity index is 1890. The molecule has 8 nitrogen and oxygen atoms in total. The van der Waals surface area contributed by atoms with E-state index in [9.17, 15) is 9.18 Å². The number of aromatic nitrogens is 2. The zero-order valence-electron chi connectivity index (χ0n) is 25.4. The maximum Gasteiger partial charge on any atom is 0.319 e. The molecule has 3 aromatic carbocycles. The highest BCUT2D eigenvalue weighted by molar-refractivity contribution is 6.36. The molecule has 1 amide bonds. The first-order valence-corrected chi connectivity index (χ1v) is 15.4. The Hall–Kier alpha value is -4.40. The molecule has 0 saturated carbocycles. The quantitative estimate of drug-likeness (QED) is 0.165. The first kappa shape index (κ1) is 31.6. The molecule has 0 N–H and O–H groups in total. The molecule has 3 atom stereocenters. The van der Waals surface area contributed by atoms with Gasteiger partial charge in [-0.1, -0.05) is 48.5 Å². The Balaban J connectivity index is 1.51. The van der Waals surface area contributed by atoms with Crippen LogP contribution in [0.2, 0.25) is 5.02 Å². The summed E-state index contributed by atoms with van der Waals surface area (Å²) in [5.41, 5.74) is -0.155. The van der Waals surface area contributed by atoms with Crippen LogP contribution in [0.1, 0.15) is 19.8 Å². The van der Waals surface area contributed by atoms with E-state index >= 15 is 8.78 Å². The Kier molecular flexibility index (Phi) is 8.77. The number of carbonyl (C=O) groups excluding carboxylic acids is 1. The molecule has 4 aromatic rings. The van der Waals surface area contributed by atoms with Gasteiger partial charge in [-0.05, 0) is 56.4 Å². The number of halogens is 4. The minimum absolute atomic E-state index is 0.0358. The molecule has 2 fully saturated rings. The zero-order chi connectivity index (χ0) is 32.7. The number of rotatable bonds is 7. The zero-order valence-corrected chi connectivity index (χ0v) is 26.2. The second-order valence-corrected chi connectivity index (χ2v) is 12.3. The van der Waals surface area contributed by atoms with Crippen molar-refractivity contribution in [3.05, 3.63) is 82.9 Å².